The van der Waals surface area contributed by atoms with Gasteiger partial charge in [-0.2, -0.15) is 0 Å². The quantitative estimate of drug-likeness (QED) is 0.414. The van der Waals surface area contributed by atoms with E-state index in [1.807, 2.05) is 25.1 Å². The Hall–Kier alpha value is -1.31. The number of hydrogen-bond acceptors (Lipinski definition) is 2. The van der Waals surface area contributed by atoms with E-state index in [1.165, 1.54) is 5.56 Å². The molecule has 1 aromatic rings. The zero-order chi connectivity index (χ0) is 8.81. The minimum Gasteiger partial charge on any atom is -0.411 e. The van der Waals surface area contributed by atoms with Crippen molar-refractivity contribution in [3.05, 3.63) is 35.9 Å². The third kappa shape index (κ3) is 2.74. The standard InChI is InChI=1S/C10H13NO/c1-9(8-11-12)7-10-5-3-2-4-6-10/h2-6,8-9,12H,7H2,1H3/b11-8+. The van der Waals surface area contributed by atoms with Gasteiger partial charge in [0.25, 0.3) is 0 Å². The molecule has 64 valence electrons. The summed E-state index contributed by atoms with van der Waals surface area (Å²) in [4.78, 5) is 0. The lowest BCUT2D eigenvalue weighted by atomic mass is 10.0. The minimum atomic E-state index is 0.289. The monoisotopic (exact) mass is 163 g/mol. The number of nitrogens with zero attached hydrogens (tertiary/aromatic N) is 1. The predicted molar refractivity (Wildman–Crippen MR) is 49.6 cm³/mol. The molecule has 1 N–H and O–H groups in total. The Bertz CT molecular complexity index is 243. The minimum absolute atomic E-state index is 0.289. The third-order valence-electron chi connectivity index (χ3n) is 1.72. The van der Waals surface area contributed by atoms with Crippen LogP contribution < -0.4 is 0 Å². The van der Waals surface area contributed by atoms with E-state index in [-0.39, 0.29) is 5.92 Å². The summed E-state index contributed by atoms with van der Waals surface area (Å²) < 4.78 is 0. The highest BCUT2D eigenvalue weighted by Crippen LogP contribution is 2.05. The molecule has 0 spiro atoms. The number of hydrogen-bond donors (Lipinski definition) is 1. The van der Waals surface area contributed by atoms with Crippen molar-refractivity contribution >= 4 is 6.21 Å². The maximum absolute atomic E-state index is 8.28. The lowest BCUT2D eigenvalue weighted by Gasteiger charge is -2.03. The van der Waals surface area contributed by atoms with Gasteiger partial charge in [-0.05, 0) is 17.9 Å². The van der Waals surface area contributed by atoms with E-state index < -0.39 is 0 Å². The van der Waals surface area contributed by atoms with Crippen LogP contribution in [-0.2, 0) is 6.42 Å². The molecule has 1 atom stereocenters. The average Bonchev–Trinajstić information content (AvgIpc) is 2.06. The Morgan fingerprint density at radius 1 is 1.42 bits per heavy atom. The van der Waals surface area contributed by atoms with E-state index in [4.69, 9.17) is 5.21 Å². The smallest absolute Gasteiger partial charge is 0.0467 e. The predicted octanol–water partition coefficient (Wildman–Crippen LogP) is 2.33. The second kappa shape index (κ2) is 4.54. The summed E-state index contributed by atoms with van der Waals surface area (Å²) in [6.07, 6.45) is 2.47. The fourth-order valence-electron chi connectivity index (χ4n) is 1.15. The largest absolute Gasteiger partial charge is 0.411 e. The van der Waals surface area contributed by atoms with E-state index >= 15 is 0 Å². The summed E-state index contributed by atoms with van der Waals surface area (Å²) in [7, 11) is 0. The third-order valence-corrected chi connectivity index (χ3v) is 1.72. The molecular weight excluding hydrogens is 150 g/mol. The Morgan fingerprint density at radius 3 is 2.67 bits per heavy atom. The van der Waals surface area contributed by atoms with Gasteiger partial charge in [0.15, 0.2) is 0 Å². The molecule has 0 aliphatic carbocycles. The molecule has 0 amide bonds. The highest BCUT2D eigenvalue weighted by Gasteiger charge is 1.98. The molecule has 0 radical (unpaired) electrons. The Balaban J connectivity index is 2.52. The number of benzene rings is 1. The second-order valence-electron chi connectivity index (χ2n) is 2.93. The molecule has 0 saturated carbocycles. The van der Waals surface area contributed by atoms with Gasteiger partial charge < -0.3 is 5.21 Å². The summed E-state index contributed by atoms with van der Waals surface area (Å²) in [5.74, 6) is 0.289. The molecule has 12 heavy (non-hydrogen) atoms. The lowest BCUT2D eigenvalue weighted by molar-refractivity contribution is 0.318. The van der Waals surface area contributed by atoms with Crippen LogP contribution >= 0.6 is 0 Å². The Labute approximate surface area is 72.5 Å². The van der Waals surface area contributed by atoms with E-state index in [0.717, 1.165) is 6.42 Å². The molecular formula is C10H13NO. The van der Waals surface area contributed by atoms with Crippen molar-refractivity contribution in [2.75, 3.05) is 0 Å². The summed E-state index contributed by atoms with van der Waals surface area (Å²) in [6.45, 7) is 2.02. The van der Waals surface area contributed by atoms with Gasteiger partial charge in [-0.15, -0.1) is 5.16 Å². The Kier molecular flexibility index (Phi) is 3.33. The van der Waals surface area contributed by atoms with Crippen LogP contribution in [0, 0.1) is 5.92 Å². The molecule has 0 aromatic heterocycles. The van der Waals surface area contributed by atoms with Gasteiger partial charge in [-0.25, -0.2) is 0 Å². The van der Waals surface area contributed by atoms with Crippen LogP contribution in [0.2, 0.25) is 0 Å². The first-order valence-electron chi connectivity index (χ1n) is 4.04. The maximum atomic E-state index is 8.28. The van der Waals surface area contributed by atoms with Gasteiger partial charge in [0, 0.05) is 6.21 Å². The molecule has 0 bridgehead atoms. The van der Waals surface area contributed by atoms with E-state index in [2.05, 4.69) is 17.3 Å². The van der Waals surface area contributed by atoms with Crippen LogP contribution in [0.4, 0.5) is 0 Å². The number of rotatable bonds is 3. The second-order valence-corrected chi connectivity index (χ2v) is 2.93. The van der Waals surface area contributed by atoms with Gasteiger partial charge in [0.2, 0.25) is 0 Å². The van der Waals surface area contributed by atoms with Gasteiger partial charge in [0.05, 0.1) is 0 Å². The topological polar surface area (TPSA) is 32.6 Å². The molecule has 0 aliphatic rings. The highest BCUT2D eigenvalue weighted by atomic mass is 16.4. The molecule has 0 saturated heterocycles. The molecule has 2 heteroatoms. The molecule has 1 aromatic carbocycles. The zero-order valence-electron chi connectivity index (χ0n) is 7.14. The molecule has 0 fully saturated rings. The molecule has 0 aliphatic heterocycles. The van der Waals surface area contributed by atoms with Crippen molar-refractivity contribution in [2.24, 2.45) is 11.1 Å². The summed E-state index contributed by atoms with van der Waals surface area (Å²) in [5.41, 5.74) is 1.27. The lowest BCUT2D eigenvalue weighted by Crippen LogP contribution is -2.00. The van der Waals surface area contributed by atoms with Crippen molar-refractivity contribution in [3.63, 3.8) is 0 Å². The van der Waals surface area contributed by atoms with Crippen LogP contribution in [0.5, 0.6) is 0 Å². The van der Waals surface area contributed by atoms with Crippen LogP contribution in [0.25, 0.3) is 0 Å². The average molecular weight is 163 g/mol. The van der Waals surface area contributed by atoms with Crippen molar-refractivity contribution in [3.8, 4) is 0 Å². The molecule has 1 rings (SSSR count). The molecule has 2 nitrogen and oxygen atoms in total. The first-order valence-corrected chi connectivity index (χ1v) is 4.04. The summed E-state index contributed by atoms with van der Waals surface area (Å²) >= 11 is 0. The van der Waals surface area contributed by atoms with Crippen molar-refractivity contribution in [1.82, 2.24) is 0 Å². The zero-order valence-corrected chi connectivity index (χ0v) is 7.14. The van der Waals surface area contributed by atoms with E-state index in [1.54, 1.807) is 6.21 Å². The van der Waals surface area contributed by atoms with Crippen molar-refractivity contribution < 1.29 is 5.21 Å². The van der Waals surface area contributed by atoms with Crippen LogP contribution in [0.15, 0.2) is 35.5 Å². The van der Waals surface area contributed by atoms with Crippen LogP contribution in [0.3, 0.4) is 0 Å². The summed E-state index contributed by atoms with van der Waals surface area (Å²) in [5, 5.41) is 11.3. The van der Waals surface area contributed by atoms with Crippen molar-refractivity contribution in [2.45, 2.75) is 13.3 Å². The van der Waals surface area contributed by atoms with Crippen molar-refractivity contribution in [1.29, 1.82) is 0 Å². The van der Waals surface area contributed by atoms with E-state index in [9.17, 15) is 0 Å². The summed E-state index contributed by atoms with van der Waals surface area (Å²) in [6, 6.07) is 10.2. The van der Waals surface area contributed by atoms with Gasteiger partial charge >= 0.3 is 0 Å². The number of oxime groups is 1. The first-order chi connectivity index (χ1) is 5.83. The normalized spacial score (nSPS) is 13.4. The fourth-order valence-corrected chi connectivity index (χ4v) is 1.15. The van der Waals surface area contributed by atoms with Crippen LogP contribution in [0.1, 0.15) is 12.5 Å². The van der Waals surface area contributed by atoms with Gasteiger partial charge in [-0.3, -0.25) is 0 Å². The maximum Gasteiger partial charge on any atom is 0.0467 e. The van der Waals surface area contributed by atoms with Crippen LogP contribution in [-0.4, -0.2) is 11.4 Å². The fraction of sp³-hybridized carbons (Fsp3) is 0.300. The molecule has 1 unspecified atom stereocenters. The highest BCUT2D eigenvalue weighted by molar-refractivity contribution is 5.59. The van der Waals surface area contributed by atoms with Gasteiger partial charge in [-0.1, -0.05) is 37.3 Å². The SMILES string of the molecule is CC(/C=N/O)Cc1ccccc1. The van der Waals surface area contributed by atoms with E-state index in [0.29, 0.717) is 0 Å². The first kappa shape index (κ1) is 8.78. The Morgan fingerprint density at radius 2 is 2.08 bits per heavy atom. The van der Waals surface area contributed by atoms with Gasteiger partial charge in [0.1, 0.15) is 0 Å². The molecule has 0 heterocycles.